The Morgan fingerprint density at radius 3 is 2.89 bits per heavy atom. The van der Waals surface area contributed by atoms with E-state index in [1.165, 1.54) is 6.20 Å². The summed E-state index contributed by atoms with van der Waals surface area (Å²) in [4.78, 5) is 27.5. The first-order valence-corrected chi connectivity index (χ1v) is 6.29. The van der Waals surface area contributed by atoms with Crippen molar-refractivity contribution in [2.24, 2.45) is 0 Å². The Bertz CT molecular complexity index is 472. The minimum absolute atomic E-state index is 0.0940. The number of nitrogens with one attached hydrogen (secondary N) is 1. The van der Waals surface area contributed by atoms with Gasteiger partial charge in [0, 0.05) is 26.1 Å². The molecule has 0 aromatic carbocycles. The number of hydrogen-bond donors (Lipinski definition) is 1. The predicted octanol–water partition coefficient (Wildman–Crippen LogP) is 1.41. The molecule has 102 valence electrons. The number of pyridine rings is 1. The van der Waals surface area contributed by atoms with Crippen molar-refractivity contribution >= 4 is 17.4 Å². The van der Waals surface area contributed by atoms with Crippen LogP contribution in [-0.4, -0.2) is 40.3 Å². The van der Waals surface area contributed by atoms with Gasteiger partial charge in [0.25, 0.3) is 0 Å². The Morgan fingerprint density at radius 1 is 1.47 bits per heavy atom. The van der Waals surface area contributed by atoms with Gasteiger partial charge in [0.1, 0.15) is 11.9 Å². The number of nitro groups is 1. The smallest absolute Gasteiger partial charge is 0.378 e. The average molecular weight is 264 g/mol. The van der Waals surface area contributed by atoms with E-state index in [4.69, 9.17) is 0 Å². The van der Waals surface area contributed by atoms with Gasteiger partial charge in [0.2, 0.25) is 5.91 Å². The number of carbonyl (C=O) groups excluding carboxylic acids is 1. The van der Waals surface area contributed by atoms with Gasteiger partial charge in [0.15, 0.2) is 0 Å². The summed E-state index contributed by atoms with van der Waals surface area (Å²) in [6, 6.07) is 3.21. The number of aromatic nitrogens is 1. The van der Waals surface area contributed by atoms with Crippen LogP contribution in [0.15, 0.2) is 18.3 Å². The lowest BCUT2D eigenvalue weighted by Gasteiger charge is -2.15. The molecule has 0 spiro atoms. The second-order valence-electron chi connectivity index (χ2n) is 4.40. The van der Waals surface area contributed by atoms with Gasteiger partial charge in [-0.2, -0.15) is 0 Å². The maximum atomic E-state index is 11.8. The highest BCUT2D eigenvalue weighted by Gasteiger charge is 2.18. The number of carbonyl (C=O) groups is 1. The molecule has 7 heteroatoms. The van der Waals surface area contributed by atoms with Gasteiger partial charge in [-0.15, -0.1) is 0 Å². The third kappa shape index (κ3) is 3.40. The van der Waals surface area contributed by atoms with E-state index in [0.717, 1.165) is 25.9 Å². The number of hydrogen-bond acceptors (Lipinski definition) is 5. The van der Waals surface area contributed by atoms with Crippen LogP contribution in [0, 0.1) is 10.1 Å². The molecule has 1 aromatic rings. The molecule has 1 aliphatic rings. The fraction of sp³-hybridized carbons (Fsp3) is 0.500. The van der Waals surface area contributed by atoms with Crippen LogP contribution >= 0.6 is 0 Å². The molecule has 2 heterocycles. The summed E-state index contributed by atoms with van der Waals surface area (Å²) in [5, 5.41) is 13.7. The molecule has 1 aliphatic heterocycles. The van der Waals surface area contributed by atoms with Crippen molar-refractivity contribution in [1.29, 1.82) is 0 Å². The van der Waals surface area contributed by atoms with Crippen molar-refractivity contribution in [3.63, 3.8) is 0 Å². The summed E-state index contributed by atoms with van der Waals surface area (Å²) in [5.41, 5.74) is 0.349. The average Bonchev–Trinajstić information content (AvgIpc) is 2.93. The Morgan fingerprint density at radius 2 is 2.21 bits per heavy atom. The zero-order valence-corrected chi connectivity index (χ0v) is 10.5. The van der Waals surface area contributed by atoms with Crippen molar-refractivity contribution in [3.05, 3.63) is 28.4 Å². The zero-order chi connectivity index (χ0) is 13.7. The largest absolute Gasteiger partial charge is 0.386 e. The predicted molar refractivity (Wildman–Crippen MR) is 69.8 cm³/mol. The first kappa shape index (κ1) is 13.3. The summed E-state index contributed by atoms with van der Waals surface area (Å²) in [7, 11) is 0. The molecule has 1 amide bonds. The van der Waals surface area contributed by atoms with Gasteiger partial charge in [-0.3, -0.25) is 4.79 Å². The summed E-state index contributed by atoms with van der Waals surface area (Å²) in [5.74, 6) is -0.118. The Labute approximate surface area is 110 Å². The molecule has 1 aromatic heterocycles. The minimum atomic E-state index is -0.537. The van der Waals surface area contributed by atoms with E-state index in [2.05, 4.69) is 10.3 Å². The van der Waals surface area contributed by atoms with Crippen LogP contribution in [0.1, 0.15) is 19.3 Å². The van der Waals surface area contributed by atoms with E-state index in [0.29, 0.717) is 18.7 Å². The molecule has 1 saturated heterocycles. The zero-order valence-electron chi connectivity index (χ0n) is 10.5. The third-order valence-corrected chi connectivity index (χ3v) is 3.07. The second kappa shape index (κ2) is 6.12. The first-order chi connectivity index (χ1) is 9.18. The molecule has 1 fully saturated rings. The summed E-state index contributed by atoms with van der Waals surface area (Å²) in [6.07, 6.45) is 3.84. The number of nitrogens with zero attached hydrogens (tertiary/aromatic N) is 3. The SMILES string of the molecule is O=C(CCNc1cccnc1[N+](=O)[O-])N1CCCC1. The standard InChI is InChI=1S/C12H16N4O3/c17-11(15-8-1-2-9-15)5-7-13-10-4-3-6-14-12(10)16(18)19/h3-4,6,13H,1-2,5,7-9H2. The van der Waals surface area contributed by atoms with Crippen LogP contribution in [0.5, 0.6) is 0 Å². The quantitative estimate of drug-likeness (QED) is 0.641. The van der Waals surface area contributed by atoms with Gasteiger partial charge in [-0.1, -0.05) is 0 Å². The molecular formula is C12H16N4O3. The highest BCUT2D eigenvalue weighted by molar-refractivity contribution is 5.77. The number of rotatable bonds is 5. The van der Waals surface area contributed by atoms with Gasteiger partial charge in [0.05, 0.1) is 0 Å². The molecular weight excluding hydrogens is 248 g/mol. The molecule has 7 nitrogen and oxygen atoms in total. The molecule has 1 N–H and O–H groups in total. The van der Waals surface area contributed by atoms with Gasteiger partial charge in [-0.25, -0.2) is 0 Å². The van der Waals surface area contributed by atoms with Crippen LogP contribution < -0.4 is 5.32 Å². The maximum Gasteiger partial charge on any atom is 0.386 e. The van der Waals surface area contributed by atoms with Gasteiger partial charge in [-0.05, 0) is 34.9 Å². The Hall–Kier alpha value is -2.18. The number of amides is 1. The van der Waals surface area contributed by atoms with E-state index in [1.54, 1.807) is 12.1 Å². The third-order valence-electron chi connectivity index (χ3n) is 3.07. The summed E-state index contributed by atoms with van der Waals surface area (Å²) in [6.45, 7) is 2.03. The minimum Gasteiger partial charge on any atom is -0.378 e. The maximum absolute atomic E-state index is 11.8. The van der Waals surface area contributed by atoms with Crippen molar-refractivity contribution in [3.8, 4) is 0 Å². The highest BCUT2D eigenvalue weighted by atomic mass is 16.6. The molecule has 0 unspecified atom stereocenters. The van der Waals surface area contributed by atoms with Crippen LogP contribution in [0.25, 0.3) is 0 Å². The molecule has 0 radical (unpaired) electrons. The van der Waals surface area contributed by atoms with E-state index in [9.17, 15) is 14.9 Å². The second-order valence-corrected chi connectivity index (χ2v) is 4.40. The van der Waals surface area contributed by atoms with E-state index in [-0.39, 0.29) is 11.7 Å². The number of likely N-dealkylation sites (tertiary alicyclic amines) is 1. The van der Waals surface area contributed by atoms with E-state index < -0.39 is 4.92 Å². The summed E-state index contributed by atoms with van der Waals surface area (Å²) >= 11 is 0. The fourth-order valence-corrected chi connectivity index (χ4v) is 2.11. The van der Waals surface area contributed by atoms with Gasteiger partial charge < -0.3 is 20.3 Å². The van der Waals surface area contributed by atoms with E-state index >= 15 is 0 Å². The summed E-state index contributed by atoms with van der Waals surface area (Å²) < 4.78 is 0. The van der Waals surface area contributed by atoms with E-state index in [1.807, 2.05) is 4.90 Å². The normalized spacial score (nSPS) is 14.4. The van der Waals surface area contributed by atoms with Crippen LogP contribution in [0.3, 0.4) is 0 Å². The Kier molecular flexibility index (Phi) is 4.27. The highest BCUT2D eigenvalue weighted by Crippen LogP contribution is 2.19. The lowest BCUT2D eigenvalue weighted by Crippen LogP contribution is -2.29. The Balaban J connectivity index is 1.85. The van der Waals surface area contributed by atoms with Crippen molar-refractivity contribution in [1.82, 2.24) is 9.88 Å². The molecule has 0 bridgehead atoms. The molecule has 2 rings (SSSR count). The van der Waals surface area contributed by atoms with Crippen LogP contribution in [0.2, 0.25) is 0 Å². The molecule has 0 aliphatic carbocycles. The topological polar surface area (TPSA) is 88.4 Å². The lowest BCUT2D eigenvalue weighted by atomic mass is 10.3. The molecule has 0 saturated carbocycles. The van der Waals surface area contributed by atoms with Crippen LogP contribution in [-0.2, 0) is 4.79 Å². The van der Waals surface area contributed by atoms with Gasteiger partial charge >= 0.3 is 5.82 Å². The monoisotopic (exact) mass is 264 g/mol. The fourth-order valence-electron chi connectivity index (χ4n) is 2.11. The molecule has 0 atom stereocenters. The molecule has 19 heavy (non-hydrogen) atoms. The first-order valence-electron chi connectivity index (χ1n) is 6.29. The van der Waals surface area contributed by atoms with Crippen molar-refractivity contribution in [2.45, 2.75) is 19.3 Å². The lowest BCUT2D eigenvalue weighted by molar-refractivity contribution is -0.388. The number of anilines is 1. The van der Waals surface area contributed by atoms with Crippen molar-refractivity contribution < 1.29 is 9.72 Å². The van der Waals surface area contributed by atoms with Crippen molar-refractivity contribution in [2.75, 3.05) is 25.0 Å². The van der Waals surface area contributed by atoms with Crippen LogP contribution in [0.4, 0.5) is 11.5 Å².